The third-order valence-electron chi connectivity index (χ3n) is 2.39. The van der Waals surface area contributed by atoms with Gasteiger partial charge in [-0.1, -0.05) is 29.4 Å². The number of nitrogens with one attached hydrogen (secondary N) is 1. The molecule has 1 aromatic carbocycles. The molecule has 0 spiro atoms. The normalized spacial score (nSPS) is 10.4. The van der Waals surface area contributed by atoms with E-state index in [9.17, 15) is 0 Å². The zero-order chi connectivity index (χ0) is 13.0. The van der Waals surface area contributed by atoms with Gasteiger partial charge in [-0.15, -0.1) is 0 Å². The monoisotopic (exact) mass is 279 g/mol. The van der Waals surface area contributed by atoms with Crippen LogP contribution < -0.4 is 5.32 Å². The van der Waals surface area contributed by atoms with Crippen LogP contribution in [-0.2, 0) is 0 Å². The summed E-state index contributed by atoms with van der Waals surface area (Å²) in [5.41, 5.74) is 1.06. The Morgan fingerprint density at radius 2 is 2.17 bits per heavy atom. The second kappa shape index (κ2) is 6.07. The molecular formula is C13H14ClN3S. The lowest BCUT2D eigenvalue weighted by molar-refractivity contribution is 0.990. The van der Waals surface area contributed by atoms with E-state index in [2.05, 4.69) is 15.3 Å². The van der Waals surface area contributed by atoms with E-state index in [1.54, 1.807) is 18.1 Å². The second-order valence-corrected chi connectivity index (χ2v) is 5.24. The molecule has 1 aromatic heterocycles. The van der Waals surface area contributed by atoms with Crippen LogP contribution in [0.2, 0.25) is 5.02 Å². The Morgan fingerprint density at radius 1 is 1.33 bits per heavy atom. The standard InChI is InChI=1S/C13H14ClN3S/c1-3-15-12-9(2)13(17-8-16-12)18-11-6-4-5-10(14)7-11/h4-8H,3H2,1-2H3,(H,15,16,17). The molecule has 0 aliphatic heterocycles. The minimum absolute atomic E-state index is 0.735. The van der Waals surface area contributed by atoms with Gasteiger partial charge in [0.05, 0.1) is 0 Å². The van der Waals surface area contributed by atoms with Gasteiger partial charge >= 0.3 is 0 Å². The zero-order valence-corrected chi connectivity index (χ0v) is 11.8. The molecule has 0 bridgehead atoms. The number of hydrogen-bond donors (Lipinski definition) is 1. The molecule has 0 saturated heterocycles. The van der Waals surface area contributed by atoms with Crippen molar-refractivity contribution < 1.29 is 0 Å². The lowest BCUT2D eigenvalue weighted by atomic mass is 10.3. The summed E-state index contributed by atoms with van der Waals surface area (Å²) in [4.78, 5) is 9.62. The van der Waals surface area contributed by atoms with E-state index in [1.807, 2.05) is 38.1 Å². The van der Waals surface area contributed by atoms with Gasteiger partial charge in [0, 0.05) is 22.0 Å². The molecule has 0 fully saturated rings. The topological polar surface area (TPSA) is 37.8 Å². The summed E-state index contributed by atoms with van der Waals surface area (Å²) >= 11 is 7.57. The van der Waals surface area contributed by atoms with Crippen LogP contribution in [-0.4, -0.2) is 16.5 Å². The maximum atomic E-state index is 5.97. The van der Waals surface area contributed by atoms with Crippen molar-refractivity contribution in [3.05, 3.63) is 41.2 Å². The maximum absolute atomic E-state index is 5.97. The van der Waals surface area contributed by atoms with Gasteiger partial charge in [0.2, 0.25) is 0 Å². The quantitative estimate of drug-likeness (QED) is 0.858. The first-order valence-electron chi connectivity index (χ1n) is 5.69. The first-order chi connectivity index (χ1) is 8.70. The summed E-state index contributed by atoms with van der Waals surface area (Å²) in [6.45, 7) is 4.91. The van der Waals surface area contributed by atoms with Crippen LogP contribution >= 0.6 is 23.4 Å². The lowest BCUT2D eigenvalue weighted by Crippen LogP contribution is -2.03. The molecule has 0 unspecified atom stereocenters. The van der Waals surface area contributed by atoms with E-state index in [0.717, 1.165) is 32.9 Å². The number of rotatable bonds is 4. The van der Waals surface area contributed by atoms with Crippen LogP contribution in [0.4, 0.5) is 5.82 Å². The van der Waals surface area contributed by atoms with E-state index >= 15 is 0 Å². The second-order valence-electron chi connectivity index (χ2n) is 3.74. The smallest absolute Gasteiger partial charge is 0.133 e. The van der Waals surface area contributed by atoms with Crippen molar-refractivity contribution in [2.75, 3.05) is 11.9 Å². The fourth-order valence-electron chi connectivity index (χ4n) is 1.52. The van der Waals surface area contributed by atoms with E-state index in [4.69, 9.17) is 11.6 Å². The van der Waals surface area contributed by atoms with Gasteiger partial charge in [0.25, 0.3) is 0 Å². The van der Waals surface area contributed by atoms with Gasteiger partial charge in [-0.2, -0.15) is 0 Å². The molecule has 0 aliphatic carbocycles. The Kier molecular flexibility index (Phi) is 4.44. The summed E-state index contributed by atoms with van der Waals surface area (Å²) in [6.07, 6.45) is 1.58. The minimum Gasteiger partial charge on any atom is -0.370 e. The first kappa shape index (κ1) is 13.2. The highest BCUT2D eigenvalue weighted by Crippen LogP contribution is 2.31. The SMILES string of the molecule is CCNc1ncnc(Sc2cccc(Cl)c2)c1C. The molecule has 0 aliphatic rings. The van der Waals surface area contributed by atoms with Crippen LogP contribution in [0.15, 0.2) is 40.5 Å². The van der Waals surface area contributed by atoms with Crippen molar-refractivity contribution in [3.8, 4) is 0 Å². The summed E-state index contributed by atoms with van der Waals surface area (Å²) in [5.74, 6) is 0.886. The fraction of sp³-hybridized carbons (Fsp3) is 0.231. The summed E-state index contributed by atoms with van der Waals surface area (Å²) in [6, 6.07) is 7.75. The third kappa shape index (κ3) is 3.15. The maximum Gasteiger partial charge on any atom is 0.133 e. The average molecular weight is 280 g/mol. The molecule has 18 heavy (non-hydrogen) atoms. The zero-order valence-electron chi connectivity index (χ0n) is 10.3. The Balaban J connectivity index is 2.26. The summed E-state index contributed by atoms with van der Waals surface area (Å²) in [5, 5.41) is 4.91. The van der Waals surface area contributed by atoms with Crippen molar-refractivity contribution in [3.63, 3.8) is 0 Å². The fourth-order valence-corrected chi connectivity index (χ4v) is 2.69. The number of hydrogen-bond acceptors (Lipinski definition) is 4. The highest BCUT2D eigenvalue weighted by atomic mass is 35.5. The van der Waals surface area contributed by atoms with E-state index in [0.29, 0.717) is 0 Å². The van der Waals surface area contributed by atoms with Gasteiger partial charge in [0.1, 0.15) is 17.2 Å². The van der Waals surface area contributed by atoms with Crippen LogP contribution in [0.1, 0.15) is 12.5 Å². The molecule has 2 aromatic rings. The van der Waals surface area contributed by atoms with E-state index in [1.165, 1.54) is 0 Å². The predicted octanol–water partition coefficient (Wildman–Crippen LogP) is 4.02. The van der Waals surface area contributed by atoms with Gasteiger partial charge < -0.3 is 5.32 Å². The molecule has 94 valence electrons. The van der Waals surface area contributed by atoms with Crippen molar-refractivity contribution in [1.82, 2.24) is 9.97 Å². The molecule has 3 nitrogen and oxygen atoms in total. The molecule has 1 heterocycles. The first-order valence-corrected chi connectivity index (χ1v) is 6.89. The molecular weight excluding hydrogens is 266 g/mol. The van der Waals surface area contributed by atoms with Gasteiger partial charge in [0.15, 0.2) is 0 Å². The van der Waals surface area contributed by atoms with Gasteiger partial charge in [-0.3, -0.25) is 0 Å². The number of anilines is 1. The third-order valence-corrected chi connectivity index (χ3v) is 3.72. The van der Waals surface area contributed by atoms with Crippen LogP contribution in [0.3, 0.4) is 0 Å². The Morgan fingerprint density at radius 3 is 2.89 bits per heavy atom. The van der Waals surface area contributed by atoms with Gasteiger partial charge in [-0.05, 0) is 32.0 Å². The summed E-state index contributed by atoms with van der Waals surface area (Å²) in [7, 11) is 0. The predicted molar refractivity (Wildman–Crippen MR) is 76.5 cm³/mol. The Bertz CT molecular complexity index is 546. The largest absolute Gasteiger partial charge is 0.370 e. The van der Waals surface area contributed by atoms with E-state index < -0.39 is 0 Å². The lowest BCUT2D eigenvalue weighted by Gasteiger charge is -2.09. The van der Waals surface area contributed by atoms with Crippen LogP contribution in [0.25, 0.3) is 0 Å². The van der Waals surface area contributed by atoms with Crippen LogP contribution in [0.5, 0.6) is 0 Å². The summed E-state index contributed by atoms with van der Waals surface area (Å²) < 4.78 is 0. The molecule has 2 rings (SSSR count). The molecule has 1 N–H and O–H groups in total. The van der Waals surface area contributed by atoms with E-state index in [-0.39, 0.29) is 0 Å². The average Bonchev–Trinajstić information content (AvgIpc) is 2.35. The Hall–Kier alpha value is -1.26. The van der Waals surface area contributed by atoms with Crippen molar-refractivity contribution in [1.29, 1.82) is 0 Å². The molecule has 5 heteroatoms. The van der Waals surface area contributed by atoms with Crippen LogP contribution in [0, 0.1) is 6.92 Å². The number of aromatic nitrogens is 2. The highest BCUT2D eigenvalue weighted by molar-refractivity contribution is 7.99. The minimum atomic E-state index is 0.735. The van der Waals surface area contributed by atoms with Crippen molar-refractivity contribution in [2.24, 2.45) is 0 Å². The number of halogens is 1. The van der Waals surface area contributed by atoms with Crippen molar-refractivity contribution >= 4 is 29.2 Å². The molecule has 0 amide bonds. The number of nitrogens with zero attached hydrogens (tertiary/aromatic N) is 2. The Labute approximate surface area is 116 Å². The highest BCUT2D eigenvalue weighted by Gasteiger charge is 2.08. The molecule has 0 radical (unpaired) electrons. The number of benzene rings is 1. The molecule has 0 saturated carbocycles. The van der Waals surface area contributed by atoms with Gasteiger partial charge in [-0.25, -0.2) is 9.97 Å². The van der Waals surface area contributed by atoms with Crippen molar-refractivity contribution in [2.45, 2.75) is 23.8 Å². The molecule has 0 atom stereocenters.